The molecule has 112 valence electrons. The molecular weight excluding hydrogens is 272 g/mol. The molecule has 6 heteroatoms. The zero-order valence-electron chi connectivity index (χ0n) is 12.3. The Labute approximate surface area is 124 Å². The Morgan fingerprint density at radius 1 is 1.45 bits per heavy atom. The summed E-state index contributed by atoms with van der Waals surface area (Å²) in [6.07, 6.45) is 7.75. The minimum Gasteiger partial charge on any atom is -0.382 e. The zero-order chi connectivity index (χ0) is 14.5. The summed E-state index contributed by atoms with van der Waals surface area (Å²) >= 11 is 1.34. The Kier molecular flexibility index (Phi) is 5.23. The predicted molar refractivity (Wildman–Crippen MR) is 84.4 cm³/mol. The second-order valence-corrected chi connectivity index (χ2v) is 6.63. The molecule has 0 radical (unpaired) electrons. The van der Waals surface area contributed by atoms with E-state index in [1.165, 1.54) is 43.4 Å². The van der Waals surface area contributed by atoms with Gasteiger partial charge in [-0.25, -0.2) is 4.98 Å². The first-order chi connectivity index (χ1) is 9.58. The monoisotopic (exact) mass is 296 g/mol. The van der Waals surface area contributed by atoms with Crippen molar-refractivity contribution in [1.29, 1.82) is 0 Å². The molecule has 0 aromatic carbocycles. The maximum Gasteiger partial charge on any atom is 0.265 e. The van der Waals surface area contributed by atoms with Crippen molar-refractivity contribution in [2.75, 3.05) is 31.3 Å². The van der Waals surface area contributed by atoms with Crippen molar-refractivity contribution in [2.24, 2.45) is 5.92 Å². The second kappa shape index (κ2) is 6.92. The topological polar surface area (TPSA) is 71.2 Å². The number of nitrogens with one attached hydrogen (secondary N) is 1. The van der Waals surface area contributed by atoms with Crippen LogP contribution in [0.1, 0.15) is 48.2 Å². The van der Waals surface area contributed by atoms with Gasteiger partial charge in [-0.3, -0.25) is 4.79 Å². The summed E-state index contributed by atoms with van der Waals surface area (Å²) in [5, 5.41) is 3.71. The Bertz CT molecular complexity index is 452. The smallest absolute Gasteiger partial charge is 0.265 e. The number of nitrogens with two attached hydrogens (primary N) is 1. The first-order valence-electron chi connectivity index (χ1n) is 7.29. The summed E-state index contributed by atoms with van der Waals surface area (Å²) in [4.78, 5) is 18.6. The van der Waals surface area contributed by atoms with E-state index in [-0.39, 0.29) is 5.91 Å². The highest BCUT2D eigenvalue weighted by atomic mass is 32.1. The minimum atomic E-state index is -0.0977. The highest BCUT2D eigenvalue weighted by molar-refractivity contribution is 7.18. The van der Waals surface area contributed by atoms with Crippen LogP contribution < -0.4 is 16.0 Å². The maximum atomic E-state index is 12.1. The number of amides is 1. The van der Waals surface area contributed by atoms with Gasteiger partial charge in [-0.15, -0.1) is 0 Å². The summed E-state index contributed by atoms with van der Waals surface area (Å²) in [6, 6.07) is 0. The van der Waals surface area contributed by atoms with Crippen molar-refractivity contribution in [3.05, 3.63) is 4.88 Å². The predicted octanol–water partition coefficient (Wildman–Crippen LogP) is 2.49. The number of thiazole rings is 1. The molecule has 0 aliphatic heterocycles. The van der Waals surface area contributed by atoms with E-state index in [1.807, 2.05) is 19.0 Å². The average Bonchev–Trinajstić information content (AvgIpc) is 3.03. The third kappa shape index (κ3) is 3.85. The lowest BCUT2D eigenvalue weighted by atomic mass is 10.0. The third-order valence-electron chi connectivity index (χ3n) is 3.78. The Hall–Kier alpha value is -1.30. The SMILES string of the molecule is CN(C)c1nc(N)c(C(=O)NCCCC2CCCC2)s1. The minimum absolute atomic E-state index is 0.0977. The lowest BCUT2D eigenvalue weighted by molar-refractivity contribution is 0.0957. The fourth-order valence-electron chi connectivity index (χ4n) is 2.65. The van der Waals surface area contributed by atoms with Gasteiger partial charge in [0.05, 0.1) is 0 Å². The Balaban J connectivity index is 1.76. The number of carbonyl (C=O) groups is 1. The Morgan fingerprint density at radius 3 is 2.75 bits per heavy atom. The van der Waals surface area contributed by atoms with Crippen LogP contribution in [0.4, 0.5) is 10.9 Å². The molecular formula is C14H24N4OS. The number of hydrogen-bond donors (Lipinski definition) is 2. The molecule has 3 N–H and O–H groups in total. The van der Waals surface area contributed by atoms with Gasteiger partial charge in [-0.05, 0) is 18.8 Å². The van der Waals surface area contributed by atoms with E-state index in [4.69, 9.17) is 5.73 Å². The molecule has 5 nitrogen and oxygen atoms in total. The maximum absolute atomic E-state index is 12.1. The third-order valence-corrected chi connectivity index (χ3v) is 5.02. The molecule has 20 heavy (non-hydrogen) atoms. The van der Waals surface area contributed by atoms with Crippen molar-refractivity contribution < 1.29 is 4.79 Å². The van der Waals surface area contributed by atoms with Crippen LogP contribution in [0.3, 0.4) is 0 Å². The van der Waals surface area contributed by atoms with Gasteiger partial charge >= 0.3 is 0 Å². The van der Waals surface area contributed by atoms with E-state index in [9.17, 15) is 4.79 Å². The van der Waals surface area contributed by atoms with Gasteiger partial charge in [0.2, 0.25) is 0 Å². The number of carbonyl (C=O) groups excluding carboxylic acids is 1. The number of anilines is 2. The van der Waals surface area contributed by atoms with E-state index < -0.39 is 0 Å². The molecule has 1 fully saturated rings. The van der Waals surface area contributed by atoms with Crippen LogP contribution in [0.25, 0.3) is 0 Å². The first-order valence-corrected chi connectivity index (χ1v) is 8.11. The van der Waals surface area contributed by atoms with Crippen molar-refractivity contribution in [2.45, 2.75) is 38.5 Å². The van der Waals surface area contributed by atoms with Crippen LogP contribution in [0.5, 0.6) is 0 Å². The van der Waals surface area contributed by atoms with E-state index in [2.05, 4.69) is 10.3 Å². The number of rotatable bonds is 6. The normalized spacial score (nSPS) is 15.5. The van der Waals surface area contributed by atoms with Gasteiger partial charge < -0.3 is 16.0 Å². The molecule has 1 aliphatic rings. The van der Waals surface area contributed by atoms with Gasteiger partial charge in [0.15, 0.2) is 5.13 Å². The number of hydrogen-bond acceptors (Lipinski definition) is 5. The fourth-order valence-corrected chi connectivity index (χ4v) is 3.47. The summed E-state index contributed by atoms with van der Waals surface area (Å²) < 4.78 is 0. The molecule has 1 aliphatic carbocycles. The highest BCUT2D eigenvalue weighted by Crippen LogP contribution is 2.28. The van der Waals surface area contributed by atoms with Crippen LogP contribution in [-0.2, 0) is 0 Å². The lowest BCUT2D eigenvalue weighted by Crippen LogP contribution is -2.24. The molecule has 1 saturated carbocycles. The molecule has 1 amide bonds. The van der Waals surface area contributed by atoms with E-state index in [0.29, 0.717) is 10.7 Å². The molecule has 0 saturated heterocycles. The zero-order valence-corrected chi connectivity index (χ0v) is 13.1. The molecule has 1 aromatic heterocycles. The van der Waals surface area contributed by atoms with E-state index >= 15 is 0 Å². The van der Waals surface area contributed by atoms with Crippen LogP contribution in [0.2, 0.25) is 0 Å². The van der Waals surface area contributed by atoms with Gasteiger partial charge in [0, 0.05) is 20.6 Å². The number of aromatic nitrogens is 1. The second-order valence-electron chi connectivity index (χ2n) is 5.65. The van der Waals surface area contributed by atoms with E-state index in [1.54, 1.807) is 0 Å². The standard InChI is InChI=1S/C14H24N4OS/c1-18(2)14-17-12(15)11(20-14)13(19)16-9-5-8-10-6-3-4-7-10/h10H,3-9,15H2,1-2H3,(H,16,19). The van der Waals surface area contributed by atoms with Crippen molar-refractivity contribution in [1.82, 2.24) is 10.3 Å². The van der Waals surface area contributed by atoms with Gasteiger partial charge in [-0.2, -0.15) is 0 Å². The lowest BCUT2D eigenvalue weighted by Gasteiger charge is -2.08. The molecule has 0 spiro atoms. The fraction of sp³-hybridized carbons (Fsp3) is 0.714. The molecule has 2 rings (SSSR count). The first kappa shape index (κ1) is 15.1. The van der Waals surface area contributed by atoms with Crippen molar-refractivity contribution in [3.8, 4) is 0 Å². The molecule has 0 unspecified atom stereocenters. The Morgan fingerprint density at radius 2 is 2.15 bits per heavy atom. The molecule has 0 atom stereocenters. The van der Waals surface area contributed by atoms with Crippen LogP contribution in [0.15, 0.2) is 0 Å². The quantitative estimate of drug-likeness (QED) is 0.791. The van der Waals surface area contributed by atoms with Gasteiger partial charge in [0.25, 0.3) is 5.91 Å². The molecule has 1 heterocycles. The number of nitrogens with zero attached hydrogens (tertiary/aromatic N) is 2. The average molecular weight is 296 g/mol. The van der Waals surface area contributed by atoms with Crippen LogP contribution in [0, 0.1) is 5.92 Å². The summed E-state index contributed by atoms with van der Waals surface area (Å²) in [5.41, 5.74) is 5.80. The largest absolute Gasteiger partial charge is 0.382 e. The summed E-state index contributed by atoms with van der Waals surface area (Å²) in [7, 11) is 3.78. The summed E-state index contributed by atoms with van der Waals surface area (Å²) in [5.74, 6) is 1.10. The highest BCUT2D eigenvalue weighted by Gasteiger charge is 2.17. The molecule has 1 aromatic rings. The van der Waals surface area contributed by atoms with Crippen LogP contribution >= 0.6 is 11.3 Å². The van der Waals surface area contributed by atoms with Crippen molar-refractivity contribution >= 4 is 28.2 Å². The summed E-state index contributed by atoms with van der Waals surface area (Å²) in [6.45, 7) is 0.726. The van der Waals surface area contributed by atoms with Crippen LogP contribution in [-0.4, -0.2) is 31.5 Å². The van der Waals surface area contributed by atoms with Gasteiger partial charge in [-0.1, -0.05) is 37.0 Å². The number of nitrogen functional groups attached to an aromatic ring is 1. The van der Waals surface area contributed by atoms with Gasteiger partial charge in [0.1, 0.15) is 10.7 Å². The van der Waals surface area contributed by atoms with Crippen molar-refractivity contribution in [3.63, 3.8) is 0 Å². The van der Waals surface area contributed by atoms with E-state index in [0.717, 1.165) is 24.0 Å². The molecule has 0 bridgehead atoms.